The first-order chi connectivity index (χ1) is 27.3. The number of rotatable bonds is 5. The quantitative estimate of drug-likeness (QED) is 0.168. The van der Waals surface area contributed by atoms with Crippen molar-refractivity contribution in [1.82, 2.24) is 19.5 Å². The molecule has 0 aliphatic heterocycles. The van der Waals surface area contributed by atoms with Crippen molar-refractivity contribution in [3.8, 4) is 51.0 Å². The van der Waals surface area contributed by atoms with Crippen LogP contribution in [0.4, 0.5) is 0 Å². The summed E-state index contributed by atoms with van der Waals surface area (Å²) in [5.41, 5.74) is 8.54. The van der Waals surface area contributed by atoms with Gasteiger partial charge in [-0.1, -0.05) is 164 Å². The summed E-state index contributed by atoms with van der Waals surface area (Å²) in [7, 11) is 0. The fraction of sp³-hybridized carbons (Fsp3) is 0. The minimum absolute atomic E-state index is 0.630. The molecule has 4 nitrogen and oxygen atoms in total. The first-order valence-corrected chi connectivity index (χ1v) is 18.6. The smallest absolute Gasteiger partial charge is 0.164 e. The highest BCUT2D eigenvalue weighted by atomic mass is 15.0. The summed E-state index contributed by atoms with van der Waals surface area (Å²) in [5, 5.41) is 10.0. The molecular weight excluding hydrogens is 669 g/mol. The van der Waals surface area contributed by atoms with Crippen molar-refractivity contribution in [2.24, 2.45) is 0 Å². The SMILES string of the molecule is c1ccc(-c2ccc3c(c2)c2c4ccc5c6ccccc6ccc5c4ccc2n3-c2cccc(-c3nc(-c4ccccc4)nc(-c4ccccc4)n3)c2)cc1. The maximum absolute atomic E-state index is 5.05. The van der Waals surface area contributed by atoms with Gasteiger partial charge in [0.15, 0.2) is 17.5 Å². The number of benzene rings is 9. The van der Waals surface area contributed by atoms with E-state index >= 15 is 0 Å². The summed E-state index contributed by atoms with van der Waals surface area (Å²) in [6.07, 6.45) is 0. The average Bonchev–Trinajstić information content (AvgIpc) is 3.61. The third-order valence-corrected chi connectivity index (χ3v) is 10.8. The van der Waals surface area contributed by atoms with E-state index in [1.807, 2.05) is 60.7 Å². The molecule has 4 heteroatoms. The van der Waals surface area contributed by atoms with Crippen LogP contribution in [0.5, 0.6) is 0 Å². The van der Waals surface area contributed by atoms with Gasteiger partial charge in [0.05, 0.1) is 11.0 Å². The van der Waals surface area contributed by atoms with Gasteiger partial charge in [-0.05, 0) is 73.8 Å². The molecular formula is C51H32N4. The highest BCUT2D eigenvalue weighted by molar-refractivity contribution is 6.27. The molecule has 0 amide bonds. The fourth-order valence-corrected chi connectivity index (χ4v) is 8.23. The van der Waals surface area contributed by atoms with Crippen LogP contribution in [0, 0.1) is 0 Å². The van der Waals surface area contributed by atoms with Gasteiger partial charge in [0, 0.05) is 33.2 Å². The third-order valence-electron chi connectivity index (χ3n) is 10.8. The second kappa shape index (κ2) is 12.6. The van der Waals surface area contributed by atoms with E-state index < -0.39 is 0 Å². The van der Waals surface area contributed by atoms with Crippen LogP contribution < -0.4 is 0 Å². The molecule has 0 atom stereocenters. The molecule has 0 saturated heterocycles. The Hall–Kier alpha value is -7.43. The summed E-state index contributed by atoms with van der Waals surface area (Å²) in [6, 6.07) is 68.8. The van der Waals surface area contributed by atoms with Gasteiger partial charge in [-0.3, -0.25) is 0 Å². The summed E-state index contributed by atoms with van der Waals surface area (Å²) >= 11 is 0. The van der Waals surface area contributed by atoms with Gasteiger partial charge >= 0.3 is 0 Å². The first kappa shape index (κ1) is 31.1. The lowest BCUT2D eigenvalue weighted by Gasteiger charge is -2.12. The largest absolute Gasteiger partial charge is 0.309 e. The van der Waals surface area contributed by atoms with Crippen molar-refractivity contribution in [1.29, 1.82) is 0 Å². The predicted molar refractivity (Wildman–Crippen MR) is 228 cm³/mol. The van der Waals surface area contributed by atoms with Crippen LogP contribution in [0.2, 0.25) is 0 Å². The Morgan fingerprint density at radius 2 is 0.818 bits per heavy atom. The first-order valence-electron chi connectivity index (χ1n) is 18.6. The van der Waals surface area contributed by atoms with Gasteiger partial charge in [0.2, 0.25) is 0 Å². The number of hydrogen-bond donors (Lipinski definition) is 0. The normalized spacial score (nSPS) is 11.6. The van der Waals surface area contributed by atoms with Crippen LogP contribution in [0.25, 0.3) is 105 Å². The van der Waals surface area contributed by atoms with Gasteiger partial charge in [0.1, 0.15) is 0 Å². The van der Waals surface area contributed by atoms with E-state index in [4.69, 9.17) is 15.0 Å². The standard InChI is InChI=1S/C51H32N4/c1-4-13-33(14-5-1)37-24-29-46-45(32-37)48-44-27-26-41-40-22-11-10-15-34(40)23-25-42(41)43(44)28-30-47(48)55(46)39-21-12-20-38(31-39)51-53-49(35-16-6-2-7-17-35)52-50(54-51)36-18-8-3-9-19-36/h1-32H. The molecule has 0 bridgehead atoms. The highest BCUT2D eigenvalue weighted by Crippen LogP contribution is 2.42. The molecule has 0 aliphatic rings. The van der Waals surface area contributed by atoms with Gasteiger partial charge < -0.3 is 4.57 Å². The van der Waals surface area contributed by atoms with Gasteiger partial charge in [-0.25, -0.2) is 15.0 Å². The van der Waals surface area contributed by atoms with E-state index in [2.05, 4.69) is 138 Å². The zero-order valence-electron chi connectivity index (χ0n) is 29.8. The van der Waals surface area contributed by atoms with E-state index in [1.54, 1.807) is 0 Å². The Labute approximate surface area is 317 Å². The topological polar surface area (TPSA) is 43.6 Å². The number of hydrogen-bond acceptors (Lipinski definition) is 3. The fourth-order valence-electron chi connectivity index (χ4n) is 8.23. The van der Waals surface area contributed by atoms with Crippen LogP contribution in [0.1, 0.15) is 0 Å². The van der Waals surface area contributed by atoms with Gasteiger partial charge in [-0.2, -0.15) is 0 Å². The van der Waals surface area contributed by atoms with Crippen LogP contribution in [-0.4, -0.2) is 19.5 Å². The lowest BCUT2D eigenvalue weighted by molar-refractivity contribution is 1.07. The van der Waals surface area contributed by atoms with Gasteiger partial charge in [-0.15, -0.1) is 0 Å². The van der Waals surface area contributed by atoms with Crippen molar-refractivity contribution in [2.75, 3.05) is 0 Å². The Balaban J connectivity index is 1.16. The zero-order chi connectivity index (χ0) is 36.3. The lowest BCUT2D eigenvalue weighted by Crippen LogP contribution is -2.01. The second-order valence-electron chi connectivity index (χ2n) is 14.0. The summed E-state index contributed by atoms with van der Waals surface area (Å²) in [6.45, 7) is 0. The molecule has 0 radical (unpaired) electrons. The molecule has 0 spiro atoms. The maximum atomic E-state index is 5.05. The zero-order valence-corrected chi connectivity index (χ0v) is 29.8. The molecule has 55 heavy (non-hydrogen) atoms. The van der Waals surface area contributed by atoms with E-state index in [9.17, 15) is 0 Å². The second-order valence-corrected chi connectivity index (χ2v) is 14.0. The molecule has 0 aliphatic carbocycles. The molecule has 2 heterocycles. The van der Waals surface area contributed by atoms with E-state index in [-0.39, 0.29) is 0 Å². The van der Waals surface area contributed by atoms with Crippen LogP contribution in [0.3, 0.4) is 0 Å². The minimum atomic E-state index is 0.630. The molecule has 11 aromatic rings. The van der Waals surface area contributed by atoms with Crippen molar-refractivity contribution >= 4 is 54.1 Å². The van der Waals surface area contributed by atoms with Gasteiger partial charge in [0.25, 0.3) is 0 Å². The highest BCUT2D eigenvalue weighted by Gasteiger charge is 2.19. The number of nitrogens with zero attached hydrogens (tertiary/aromatic N) is 4. The number of fused-ring (bicyclic) bond motifs is 9. The Morgan fingerprint density at radius 3 is 1.55 bits per heavy atom. The molecule has 11 rings (SSSR count). The molecule has 2 aromatic heterocycles. The number of aromatic nitrogens is 4. The Kier molecular flexibility index (Phi) is 7.14. The molecule has 9 aromatic carbocycles. The maximum Gasteiger partial charge on any atom is 0.164 e. The molecule has 0 N–H and O–H groups in total. The van der Waals surface area contributed by atoms with Crippen molar-refractivity contribution in [2.45, 2.75) is 0 Å². The monoisotopic (exact) mass is 700 g/mol. The van der Waals surface area contributed by atoms with Crippen LogP contribution >= 0.6 is 0 Å². The Morgan fingerprint density at radius 1 is 0.291 bits per heavy atom. The molecule has 0 fully saturated rings. The summed E-state index contributed by atoms with van der Waals surface area (Å²) in [4.78, 5) is 15.0. The van der Waals surface area contributed by atoms with Crippen LogP contribution in [-0.2, 0) is 0 Å². The third kappa shape index (κ3) is 5.19. The van der Waals surface area contributed by atoms with E-state index in [1.165, 1.54) is 54.2 Å². The van der Waals surface area contributed by atoms with Crippen molar-refractivity contribution in [3.63, 3.8) is 0 Å². The van der Waals surface area contributed by atoms with E-state index in [0.717, 1.165) is 33.4 Å². The van der Waals surface area contributed by atoms with Crippen molar-refractivity contribution in [3.05, 3.63) is 194 Å². The lowest BCUT2D eigenvalue weighted by atomic mass is 9.94. The molecule has 256 valence electrons. The summed E-state index contributed by atoms with van der Waals surface area (Å²) in [5.74, 6) is 1.92. The average molecular weight is 701 g/mol. The van der Waals surface area contributed by atoms with E-state index in [0.29, 0.717) is 17.5 Å². The minimum Gasteiger partial charge on any atom is -0.309 e. The van der Waals surface area contributed by atoms with Crippen molar-refractivity contribution < 1.29 is 0 Å². The predicted octanol–water partition coefficient (Wildman–Crippen LogP) is 13.1. The van der Waals surface area contributed by atoms with Crippen LogP contribution in [0.15, 0.2) is 194 Å². The summed E-state index contributed by atoms with van der Waals surface area (Å²) < 4.78 is 2.39. The Bertz CT molecular complexity index is 3180. The molecule has 0 unspecified atom stereocenters. The molecule has 0 saturated carbocycles.